The first-order chi connectivity index (χ1) is 11.3. The smallest absolute Gasteiger partial charge is 0.263 e. The lowest BCUT2D eigenvalue weighted by molar-refractivity contribution is 0.583. The molecule has 0 aliphatic carbocycles. The first kappa shape index (κ1) is 16.1. The number of benzene rings is 2. The maximum absolute atomic E-state index is 13.6. The SMILES string of the molecule is O=S(=O)(Nc1ccc(F)cc1F)c1c[nH]c(-c2ccc(F)cc2)c1. The zero-order chi connectivity index (χ0) is 17.3. The second-order valence-electron chi connectivity index (χ2n) is 4.99. The molecular formula is C16H11F3N2O2S. The molecule has 4 nitrogen and oxygen atoms in total. The van der Waals surface area contributed by atoms with Crippen LogP contribution < -0.4 is 4.72 Å². The first-order valence-corrected chi connectivity index (χ1v) is 8.26. The van der Waals surface area contributed by atoms with Crippen molar-refractivity contribution in [2.75, 3.05) is 4.72 Å². The van der Waals surface area contributed by atoms with Gasteiger partial charge in [-0.3, -0.25) is 4.72 Å². The summed E-state index contributed by atoms with van der Waals surface area (Å²) < 4.78 is 66.0. The van der Waals surface area contributed by atoms with Crippen molar-refractivity contribution in [1.29, 1.82) is 0 Å². The Kier molecular flexibility index (Phi) is 4.06. The van der Waals surface area contributed by atoms with Gasteiger partial charge >= 0.3 is 0 Å². The van der Waals surface area contributed by atoms with Crippen molar-refractivity contribution in [1.82, 2.24) is 4.98 Å². The van der Waals surface area contributed by atoms with Crippen molar-refractivity contribution in [3.8, 4) is 11.3 Å². The largest absolute Gasteiger partial charge is 0.360 e. The Bertz CT molecular complexity index is 983. The monoisotopic (exact) mass is 352 g/mol. The Morgan fingerprint density at radius 1 is 0.875 bits per heavy atom. The molecular weight excluding hydrogens is 341 g/mol. The third-order valence-electron chi connectivity index (χ3n) is 3.30. The molecule has 0 fully saturated rings. The molecule has 0 radical (unpaired) electrons. The maximum Gasteiger partial charge on any atom is 0.263 e. The molecule has 24 heavy (non-hydrogen) atoms. The van der Waals surface area contributed by atoms with Crippen LogP contribution in [0, 0.1) is 17.5 Å². The van der Waals surface area contributed by atoms with E-state index in [0.717, 1.165) is 12.1 Å². The van der Waals surface area contributed by atoms with Crippen molar-refractivity contribution >= 4 is 15.7 Å². The van der Waals surface area contributed by atoms with Crippen LogP contribution in [0.1, 0.15) is 0 Å². The van der Waals surface area contributed by atoms with Gasteiger partial charge < -0.3 is 4.98 Å². The van der Waals surface area contributed by atoms with Gasteiger partial charge in [-0.25, -0.2) is 21.6 Å². The van der Waals surface area contributed by atoms with Crippen molar-refractivity contribution < 1.29 is 21.6 Å². The van der Waals surface area contributed by atoms with Crippen LogP contribution in [0.25, 0.3) is 11.3 Å². The summed E-state index contributed by atoms with van der Waals surface area (Å²) in [5.74, 6) is -2.24. The number of sulfonamides is 1. The number of aromatic nitrogens is 1. The number of nitrogens with one attached hydrogen (secondary N) is 2. The fraction of sp³-hybridized carbons (Fsp3) is 0. The number of halogens is 3. The number of hydrogen-bond donors (Lipinski definition) is 2. The third-order valence-corrected chi connectivity index (χ3v) is 4.64. The zero-order valence-electron chi connectivity index (χ0n) is 12.1. The quantitative estimate of drug-likeness (QED) is 0.748. The molecule has 2 N–H and O–H groups in total. The molecule has 0 amide bonds. The highest BCUT2D eigenvalue weighted by Crippen LogP contribution is 2.24. The van der Waals surface area contributed by atoms with Crippen LogP contribution in [0.4, 0.5) is 18.9 Å². The van der Waals surface area contributed by atoms with Gasteiger partial charge in [0.05, 0.1) is 5.69 Å². The lowest BCUT2D eigenvalue weighted by Gasteiger charge is -2.07. The Hall–Kier alpha value is -2.74. The van der Waals surface area contributed by atoms with Gasteiger partial charge in [0.1, 0.15) is 22.3 Å². The van der Waals surface area contributed by atoms with Crippen molar-refractivity contribution in [2.24, 2.45) is 0 Å². The van der Waals surface area contributed by atoms with Gasteiger partial charge in [-0.2, -0.15) is 0 Å². The fourth-order valence-corrected chi connectivity index (χ4v) is 3.16. The molecule has 0 saturated carbocycles. The molecule has 0 saturated heterocycles. The van der Waals surface area contributed by atoms with E-state index < -0.39 is 27.5 Å². The summed E-state index contributed by atoms with van der Waals surface area (Å²) in [4.78, 5) is 2.63. The molecule has 0 atom stereocenters. The molecule has 8 heteroatoms. The molecule has 3 rings (SSSR count). The highest BCUT2D eigenvalue weighted by atomic mass is 32.2. The second-order valence-corrected chi connectivity index (χ2v) is 6.67. The van der Waals surface area contributed by atoms with Crippen molar-refractivity contribution in [3.63, 3.8) is 0 Å². The van der Waals surface area contributed by atoms with E-state index in [4.69, 9.17) is 0 Å². The standard InChI is InChI=1S/C16H11F3N2O2S/c17-11-3-1-10(2-4-11)16-8-13(9-20-16)24(22,23)21-15-6-5-12(18)7-14(15)19/h1-9,20-21H. The average Bonchev–Trinajstić information content (AvgIpc) is 3.02. The molecule has 0 spiro atoms. The van der Waals surface area contributed by atoms with E-state index in [2.05, 4.69) is 9.71 Å². The summed E-state index contributed by atoms with van der Waals surface area (Å²) in [7, 11) is -4.06. The van der Waals surface area contributed by atoms with Crippen LogP contribution in [0.5, 0.6) is 0 Å². The van der Waals surface area contributed by atoms with E-state index in [9.17, 15) is 21.6 Å². The molecule has 0 aliphatic rings. The Morgan fingerprint density at radius 3 is 2.21 bits per heavy atom. The number of H-pyrrole nitrogens is 1. The first-order valence-electron chi connectivity index (χ1n) is 6.77. The number of hydrogen-bond acceptors (Lipinski definition) is 2. The molecule has 3 aromatic rings. The van der Waals surface area contributed by atoms with Crippen LogP contribution >= 0.6 is 0 Å². The summed E-state index contributed by atoms with van der Waals surface area (Å²) in [5.41, 5.74) is 0.682. The fourth-order valence-electron chi connectivity index (χ4n) is 2.10. The predicted octanol–water partition coefficient (Wildman–Crippen LogP) is 3.90. The minimum Gasteiger partial charge on any atom is -0.360 e. The van der Waals surface area contributed by atoms with E-state index >= 15 is 0 Å². The molecule has 0 bridgehead atoms. The summed E-state index contributed by atoms with van der Waals surface area (Å²) in [6.07, 6.45) is 1.22. The molecule has 0 aliphatic heterocycles. The van der Waals surface area contributed by atoms with E-state index in [1.807, 2.05) is 0 Å². The van der Waals surface area contributed by atoms with Crippen LogP contribution in [0.2, 0.25) is 0 Å². The lowest BCUT2D eigenvalue weighted by Crippen LogP contribution is -2.13. The maximum atomic E-state index is 13.6. The second kappa shape index (κ2) is 6.04. The summed E-state index contributed by atoms with van der Waals surface area (Å²) in [5, 5.41) is 0. The van der Waals surface area contributed by atoms with Gasteiger partial charge in [-0.1, -0.05) is 0 Å². The van der Waals surface area contributed by atoms with E-state index in [1.165, 1.54) is 36.5 Å². The number of rotatable bonds is 4. The highest BCUT2D eigenvalue weighted by molar-refractivity contribution is 7.92. The van der Waals surface area contributed by atoms with Gasteiger partial charge in [0.25, 0.3) is 10.0 Å². The van der Waals surface area contributed by atoms with Crippen LogP contribution in [0.15, 0.2) is 59.6 Å². The van der Waals surface area contributed by atoms with E-state index in [-0.39, 0.29) is 10.6 Å². The summed E-state index contributed by atoms with van der Waals surface area (Å²) in [6, 6.07) is 9.33. The Labute approximate surface area is 136 Å². The van der Waals surface area contributed by atoms with Gasteiger partial charge in [0, 0.05) is 18.0 Å². The van der Waals surface area contributed by atoms with Gasteiger partial charge in [0.15, 0.2) is 0 Å². The van der Waals surface area contributed by atoms with Gasteiger partial charge in [-0.15, -0.1) is 0 Å². The summed E-state index contributed by atoms with van der Waals surface area (Å²) in [6.45, 7) is 0. The van der Waals surface area contributed by atoms with Gasteiger partial charge in [-0.05, 0) is 48.0 Å². The van der Waals surface area contributed by atoms with Crippen LogP contribution in [0.3, 0.4) is 0 Å². The minimum atomic E-state index is -4.06. The van der Waals surface area contributed by atoms with Gasteiger partial charge in [0.2, 0.25) is 0 Å². The normalized spacial score (nSPS) is 11.5. The predicted molar refractivity (Wildman–Crippen MR) is 83.4 cm³/mol. The average molecular weight is 352 g/mol. The topological polar surface area (TPSA) is 62.0 Å². The minimum absolute atomic E-state index is 0.134. The number of aromatic amines is 1. The Balaban J connectivity index is 1.89. The summed E-state index contributed by atoms with van der Waals surface area (Å²) >= 11 is 0. The molecule has 1 aromatic heterocycles. The molecule has 0 unspecified atom stereocenters. The highest BCUT2D eigenvalue weighted by Gasteiger charge is 2.18. The van der Waals surface area contributed by atoms with E-state index in [1.54, 1.807) is 0 Å². The lowest BCUT2D eigenvalue weighted by atomic mass is 10.1. The molecule has 124 valence electrons. The van der Waals surface area contributed by atoms with E-state index in [0.29, 0.717) is 17.3 Å². The third kappa shape index (κ3) is 3.28. The van der Waals surface area contributed by atoms with Crippen LogP contribution in [-0.2, 0) is 10.0 Å². The Morgan fingerprint density at radius 2 is 1.54 bits per heavy atom. The molecule has 1 heterocycles. The van der Waals surface area contributed by atoms with Crippen molar-refractivity contribution in [2.45, 2.75) is 4.90 Å². The molecule has 2 aromatic carbocycles. The van der Waals surface area contributed by atoms with Crippen LogP contribution in [-0.4, -0.2) is 13.4 Å². The van der Waals surface area contributed by atoms with Crippen molar-refractivity contribution in [3.05, 3.63) is 72.2 Å². The zero-order valence-corrected chi connectivity index (χ0v) is 12.9. The number of anilines is 1.